The number of carbonyl (C=O) groups excluding carboxylic acids is 1. The third-order valence-corrected chi connectivity index (χ3v) is 3.34. The molecular weight excluding hydrogens is 289 g/mol. The number of benzene rings is 1. The molecule has 0 unspecified atom stereocenters. The number of nitrogens with one attached hydrogen (secondary N) is 1. The Labute approximate surface area is 126 Å². The maximum Gasteiger partial charge on any atom is 0.250 e. The van der Waals surface area contributed by atoms with Gasteiger partial charge < -0.3 is 10.1 Å². The first-order chi connectivity index (χ1) is 10.7. The highest BCUT2D eigenvalue weighted by atomic mass is 19.1. The molecule has 8 heteroatoms. The lowest BCUT2D eigenvalue weighted by atomic mass is 10.2. The summed E-state index contributed by atoms with van der Waals surface area (Å²) in [7, 11) is 0. The normalized spacial score (nSPS) is 14.1. The van der Waals surface area contributed by atoms with E-state index >= 15 is 0 Å². The highest BCUT2D eigenvalue weighted by molar-refractivity contribution is 5.92. The van der Waals surface area contributed by atoms with Gasteiger partial charge in [0.2, 0.25) is 5.91 Å². The van der Waals surface area contributed by atoms with Crippen molar-refractivity contribution in [2.24, 2.45) is 0 Å². The van der Waals surface area contributed by atoms with E-state index in [1.807, 2.05) is 0 Å². The predicted molar refractivity (Wildman–Crippen MR) is 76.2 cm³/mol. The zero-order chi connectivity index (χ0) is 15.5. The Morgan fingerprint density at radius 3 is 3.05 bits per heavy atom. The standard InChI is InChI=1S/C14H16FN5O2/c1-2-22-8-13(21)16-12-7-10(5-6-11(12)15)20-14(9-3-4-9)17-18-19-20/h5-7,9H,2-4,8H2,1H3,(H,16,21). The van der Waals surface area contributed by atoms with E-state index in [4.69, 9.17) is 4.74 Å². The summed E-state index contributed by atoms with van der Waals surface area (Å²) in [6, 6.07) is 4.38. The van der Waals surface area contributed by atoms with Gasteiger partial charge in [-0.3, -0.25) is 4.79 Å². The molecule has 1 fully saturated rings. The maximum atomic E-state index is 13.8. The van der Waals surface area contributed by atoms with Gasteiger partial charge in [-0.05, 0) is 48.4 Å². The van der Waals surface area contributed by atoms with Crippen LogP contribution in [0.15, 0.2) is 18.2 Å². The molecule has 0 atom stereocenters. The minimum absolute atomic E-state index is 0.0828. The molecule has 1 amide bonds. The molecule has 1 aromatic carbocycles. The molecule has 22 heavy (non-hydrogen) atoms. The maximum absolute atomic E-state index is 13.8. The summed E-state index contributed by atoms with van der Waals surface area (Å²) in [5, 5.41) is 14.1. The van der Waals surface area contributed by atoms with Gasteiger partial charge in [0.15, 0.2) is 5.82 Å². The second-order valence-corrected chi connectivity index (χ2v) is 5.07. The number of hydrogen-bond donors (Lipinski definition) is 1. The molecule has 1 aromatic heterocycles. The Balaban J connectivity index is 1.83. The Hall–Kier alpha value is -2.35. The molecule has 7 nitrogen and oxygen atoms in total. The minimum Gasteiger partial charge on any atom is -0.372 e. The lowest BCUT2D eigenvalue weighted by molar-refractivity contribution is -0.120. The van der Waals surface area contributed by atoms with Crippen molar-refractivity contribution >= 4 is 11.6 Å². The average Bonchev–Trinajstić information content (AvgIpc) is 3.25. The monoisotopic (exact) mass is 305 g/mol. The Bertz CT molecular complexity index is 684. The first kappa shape index (κ1) is 14.6. The molecule has 3 rings (SSSR count). The third-order valence-electron chi connectivity index (χ3n) is 3.34. The van der Waals surface area contributed by atoms with Gasteiger partial charge in [-0.15, -0.1) is 5.10 Å². The molecule has 1 aliphatic carbocycles. The largest absolute Gasteiger partial charge is 0.372 e. The minimum atomic E-state index is -0.519. The van der Waals surface area contributed by atoms with Crippen LogP contribution in [0.5, 0.6) is 0 Å². The second-order valence-electron chi connectivity index (χ2n) is 5.07. The van der Waals surface area contributed by atoms with E-state index < -0.39 is 11.7 Å². The van der Waals surface area contributed by atoms with Gasteiger partial charge in [0.1, 0.15) is 12.4 Å². The van der Waals surface area contributed by atoms with Crippen LogP contribution in [0, 0.1) is 5.82 Å². The number of anilines is 1. The van der Waals surface area contributed by atoms with Gasteiger partial charge in [-0.1, -0.05) is 0 Å². The van der Waals surface area contributed by atoms with Crippen LogP contribution in [0.3, 0.4) is 0 Å². The fourth-order valence-electron chi connectivity index (χ4n) is 2.10. The molecular formula is C14H16FN5O2. The van der Waals surface area contributed by atoms with Crippen LogP contribution < -0.4 is 5.32 Å². The summed E-state index contributed by atoms with van der Waals surface area (Å²) >= 11 is 0. The molecule has 1 heterocycles. The van der Waals surface area contributed by atoms with E-state index in [2.05, 4.69) is 20.8 Å². The van der Waals surface area contributed by atoms with Gasteiger partial charge in [0.25, 0.3) is 0 Å². The Morgan fingerprint density at radius 1 is 1.50 bits per heavy atom. The predicted octanol–water partition coefficient (Wildman–Crippen LogP) is 1.65. The summed E-state index contributed by atoms with van der Waals surface area (Å²) in [6.07, 6.45) is 2.11. The Kier molecular flexibility index (Phi) is 4.10. The van der Waals surface area contributed by atoms with Crippen LogP contribution >= 0.6 is 0 Å². The average molecular weight is 305 g/mol. The van der Waals surface area contributed by atoms with Gasteiger partial charge >= 0.3 is 0 Å². The number of tetrazole rings is 1. The number of halogens is 1. The molecule has 116 valence electrons. The highest BCUT2D eigenvalue weighted by Crippen LogP contribution is 2.39. The van der Waals surface area contributed by atoms with Crippen LogP contribution in [0.25, 0.3) is 5.69 Å². The summed E-state index contributed by atoms with van der Waals surface area (Å²) in [5.74, 6) is 0.195. The van der Waals surface area contributed by atoms with Crippen molar-refractivity contribution in [3.8, 4) is 5.69 Å². The van der Waals surface area contributed by atoms with Crippen LogP contribution in [0.2, 0.25) is 0 Å². The molecule has 0 spiro atoms. The van der Waals surface area contributed by atoms with Crippen LogP contribution in [0.1, 0.15) is 31.5 Å². The van der Waals surface area contributed by atoms with Gasteiger partial charge in [-0.2, -0.15) is 4.68 Å². The molecule has 0 bridgehead atoms. The van der Waals surface area contributed by atoms with Crippen LogP contribution in [-0.4, -0.2) is 39.3 Å². The van der Waals surface area contributed by atoms with Crippen molar-refractivity contribution in [1.29, 1.82) is 0 Å². The van der Waals surface area contributed by atoms with Crippen molar-refractivity contribution in [3.05, 3.63) is 29.8 Å². The van der Waals surface area contributed by atoms with E-state index in [1.165, 1.54) is 12.1 Å². The lowest BCUT2D eigenvalue weighted by Gasteiger charge is -2.09. The summed E-state index contributed by atoms with van der Waals surface area (Å²) in [4.78, 5) is 11.7. The van der Waals surface area contributed by atoms with Crippen molar-refractivity contribution < 1.29 is 13.9 Å². The summed E-state index contributed by atoms with van der Waals surface area (Å²) in [5.41, 5.74) is 0.694. The molecule has 0 aliphatic heterocycles. The quantitative estimate of drug-likeness (QED) is 0.877. The van der Waals surface area contributed by atoms with Crippen LogP contribution in [0.4, 0.5) is 10.1 Å². The number of rotatable bonds is 6. The number of ether oxygens (including phenoxy) is 1. The second kappa shape index (κ2) is 6.18. The molecule has 0 radical (unpaired) electrons. The molecule has 1 saturated carbocycles. The van der Waals surface area contributed by atoms with E-state index in [0.29, 0.717) is 18.2 Å². The van der Waals surface area contributed by atoms with E-state index in [0.717, 1.165) is 18.7 Å². The third kappa shape index (κ3) is 3.11. The number of aromatic nitrogens is 4. The molecule has 2 aromatic rings. The van der Waals surface area contributed by atoms with Crippen molar-refractivity contribution in [2.75, 3.05) is 18.5 Å². The zero-order valence-electron chi connectivity index (χ0n) is 12.1. The highest BCUT2D eigenvalue weighted by Gasteiger charge is 2.30. The van der Waals surface area contributed by atoms with E-state index in [9.17, 15) is 9.18 Å². The topological polar surface area (TPSA) is 81.9 Å². The summed E-state index contributed by atoms with van der Waals surface area (Å²) < 4.78 is 20.4. The zero-order valence-corrected chi connectivity index (χ0v) is 12.1. The molecule has 0 saturated heterocycles. The van der Waals surface area contributed by atoms with Crippen molar-refractivity contribution in [3.63, 3.8) is 0 Å². The SMILES string of the molecule is CCOCC(=O)Nc1cc(-n2nnnc2C2CC2)ccc1F. The lowest BCUT2D eigenvalue weighted by Crippen LogP contribution is -2.19. The number of carbonyl (C=O) groups is 1. The van der Waals surface area contributed by atoms with E-state index in [-0.39, 0.29) is 12.3 Å². The fraction of sp³-hybridized carbons (Fsp3) is 0.429. The number of amides is 1. The first-order valence-corrected chi connectivity index (χ1v) is 7.15. The van der Waals surface area contributed by atoms with Crippen molar-refractivity contribution in [2.45, 2.75) is 25.7 Å². The number of hydrogen-bond acceptors (Lipinski definition) is 5. The van der Waals surface area contributed by atoms with Gasteiger partial charge in [0.05, 0.1) is 11.4 Å². The first-order valence-electron chi connectivity index (χ1n) is 7.15. The summed E-state index contributed by atoms with van der Waals surface area (Å²) in [6.45, 7) is 2.09. The van der Waals surface area contributed by atoms with Crippen LogP contribution in [-0.2, 0) is 9.53 Å². The fourth-order valence-corrected chi connectivity index (χ4v) is 2.10. The van der Waals surface area contributed by atoms with Gasteiger partial charge in [0, 0.05) is 12.5 Å². The van der Waals surface area contributed by atoms with Crippen molar-refractivity contribution in [1.82, 2.24) is 20.2 Å². The van der Waals surface area contributed by atoms with Gasteiger partial charge in [-0.25, -0.2) is 4.39 Å². The smallest absolute Gasteiger partial charge is 0.250 e. The number of nitrogens with zero attached hydrogens (tertiary/aromatic N) is 4. The molecule has 1 N–H and O–H groups in total. The van der Waals surface area contributed by atoms with E-state index in [1.54, 1.807) is 17.7 Å². The Morgan fingerprint density at radius 2 is 2.32 bits per heavy atom. The molecule has 1 aliphatic rings.